The number of nitrogens with zero attached hydrogens (tertiary/aromatic N) is 2. The van der Waals surface area contributed by atoms with E-state index in [1.165, 1.54) is 30.5 Å². The fourth-order valence-electron chi connectivity index (χ4n) is 3.41. The largest absolute Gasteiger partial charge is 0.489 e. The molecule has 38 heavy (non-hydrogen) atoms. The molecule has 4 aromatic rings. The molecule has 4 aromatic carbocycles. The first-order valence-electron chi connectivity index (χ1n) is 11.4. The molecule has 0 heterocycles. The summed E-state index contributed by atoms with van der Waals surface area (Å²) in [5.74, 6) is 0.0335. The third-order valence-electron chi connectivity index (χ3n) is 5.37. The van der Waals surface area contributed by atoms with E-state index in [1.807, 2.05) is 18.2 Å². The molecule has 194 valence electrons. The van der Waals surface area contributed by atoms with Crippen LogP contribution in [0.15, 0.2) is 113 Å². The normalized spacial score (nSPS) is 11.3. The molecule has 0 saturated carbocycles. The SMILES string of the molecule is O=C(CN(c1ccc(Cl)cc1)S(=O)(=O)c1ccccc1)NN=Cc1ccc(OCc2ccccc2Cl)cc1. The number of amides is 1. The maximum atomic E-state index is 13.3. The van der Waals surface area contributed by atoms with E-state index in [0.717, 1.165) is 9.87 Å². The van der Waals surface area contributed by atoms with Crippen LogP contribution in [0.5, 0.6) is 5.75 Å². The molecule has 0 aliphatic rings. The van der Waals surface area contributed by atoms with Gasteiger partial charge in [0.25, 0.3) is 15.9 Å². The first-order valence-corrected chi connectivity index (χ1v) is 13.6. The number of hydrogen-bond donors (Lipinski definition) is 1. The van der Waals surface area contributed by atoms with Crippen molar-refractivity contribution in [1.29, 1.82) is 0 Å². The predicted octanol–water partition coefficient (Wildman–Crippen LogP) is 5.92. The number of carbonyl (C=O) groups excluding carboxylic acids is 1. The Labute approximate surface area is 231 Å². The van der Waals surface area contributed by atoms with Gasteiger partial charge in [-0.2, -0.15) is 5.10 Å². The van der Waals surface area contributed by atoms with Crippen LogP contribution in [0.1, 0.15) is 11.1 Å². The molecule has 0 saturated heterocycles. The zero-order valence-corrected chi connectivity index (χ0v) is 22.3. The Bertz CT molecular complexity index is 1510. The number of ether oxygens (including phenoxy) is 1. The molecular weight excluding hydrogens is 545 g/mol. The summed E-state index contributed by atoms with van der Waals surface area (Å²) in [4.78, 5) is 12.7. The number of rotatable bonds is 10. The van der Waals surface area contributed by atoms with Crippen LogP contribution < -0.4 is 14.5 Å². The first kappa shape index (κ1) is 27.2. The van der Waals surface area contributed by atoms with Crippen molar-refractivity contribution in [2.45, 2.75) is 11.5 Å². The van der Waals surface area contributed by atoms with Gasteiger partial charge in [0.05, 0.1) is 16.8 Å². The number of anilines is 1. The summed E-state index contributed by atoms with van der Waals surface area (Å²) in [7, 11) is -4.02. The fraction of sp³-hybridized carbons (Fsp3) is 0.0714. The van der Waals surface area contributed by atoms with Crippen LogP contribution in [0.2, 0.25) is 10.0 Å². The number of halogens is 2. The predicted molar refractivity (Wildman–Crippen MR) is 150 cm³/mol. The second-order valence-electron chi connectivity index (χ2n) is 8.04. The minimum absolute atomic E-state index is 0.0584. The average Bonchev–Trinajstić information content (AvgIpc) is 2.93. The van der Waals surface area contributed by atoms with E-state index >= 15 is 0 Å². The van der Waals surface area contributed by atoms with Gasteiger partial charge < -0.3 is 4.74 Å². The second-order valence-corrected chi connectivity index (χ2v) is 10.7. The van der Waals surface area contributed by atoms with Crippen molar-refractivity contribution >= 4 is 51.0 Å². The lowest BCUT2D eigenvalue weighted by Gasteiger charge is -2.23. The van der Waals surface area contributed by atoms with E-state index in [4.69, 9.17) is 27.9 Å². The van der Waals surface area contributed by atoms with Gasteiger partial charge >= 0.3 is 0 Å². The first-order chi connectivity index (χ1) is 18.3. The summed E-state index contributed by atoms with van der Waals surface area (Å²) in [6.07, 6.45) is 1.45. The fourth-order valence-corrected chi connectivity index (χ4v) is 5.17. The van der Waals surface area contributed by atoms with Crippen LogP contribution in [0.25, 0.3) is 0 Å². The van der Waals surface area contributed by atoms with E-state index in [2.05, 4.69) is 10.5 Å². The van der Waals surface area contributed by atoms with Gasteiger partial charge in [0.15, 0.2) is 0 Å². The molecule has 1 N–H and O–H groups in total. The molecule has 0 bridgehead atoms. The van der Waals surface area contributed by atoms with E-state index in [0.29, 0.717) is 33.7 Å². The van der Waals surface area contributed by atoms with E-state index in [9.17, 15) is 13.2 Å². The lowest BCUT2D eigenvalue weighted by atomic mass is 10.2. The number of hydrazone groups is 1. The van der Waals surface area contributed by atoms with Crippen molar-refractivity contribution in [3.05, 3.63) is 124 Å². The Morgan fingerprint density at radius 3 is 2.21 bits per heavy atom. The lowest BCUT2D eigenvalue weighted by molar-refractivity contribution is -0.119. The van der Waals surface area contributed by atoms with Crippen molar-refractivity contribution in [2.24, 2.45) is 5.10 Å². The third-order valence-corrected chi connectivity index (χ3v) is 7.78. The van der Waals surface area contributed by atoms with E-state index < -0.39 is 22.5 Å². The van der Waals surface area contributed by atoms with Gasteiger partial charge in [0.2, 0.25) is 0 Å². The van der Waals surface area contributed by atoms with Gasteiger partial charge in [-0.15, -0.1) is 0 Å². The summed E-state index contributed by atoms with van der Waals surface area (Å²) in [5.41, 5.74) is 4.27. The maximum Gasteiger partial charge on any atom is 0.264 e. The Balaban J connectivity index is 1.39. The van der Waals surface area contributed by atoms with Crippen LogP contribution >= 0.6 is 23.2 Å². The Morgan fingerprint density at radius 1 is 0.868 bits per heavy atom. The molecule has 0 radical (unpaired) electrons. The Kier molecular flexibility index (Phi) is 9.02. The summed E-state index contributed by atoms with van der Waals surface area (Å²) in [5, 5.41) is 5.05. The topological polar surface area (TPSA) is 88.1 Å². The summed E-state index contributed by atoms with van der Waals surface area (Å²) in [6, 6.07) is 28.6. The van der Waals surface area contributed by atoms with Gasteiger partial charge in [-0.3, -0.25) is 9.10 Å². The molecule has 0 aromatic heterocycles. The standard InChI is InChI=1S/C28H23Cl2N3O4S/c29-23-12-14-24(15-13-23)33(38(35,36)26-7-2-1-3-8-26)19-28(34)32-31-18-21-10-16-25(17-11-21)37-20-22-6-4-5-9-27(22)30/h1-18H,19-20H2,(H,32,34). The highest BCUT2D eigenvalue weighted by atomic mass is 35.5. The molecule has 4 rings (SSSR count). The number of hydrogen-bond acceptors (Lipinski definition) is 5. The highest BCUT2D eigenvalue weighted by Crippen LogP contribution is 2.25. The molecule has 0 fully saturated rings. The van der Waals surface area contributed by atoms with E-state index in [-0.39, 0.29) is 4.90 Å². The number of carbonyl (C=O) groups is 1. The minimum atomic E-state index is -4.02. The molecule has 0 aliphatic carbocycles. The number of benzene rings is 4. The zero-order valence-electron chi connectivity index (χ0n) is 20.0. The van der Waals surface area contributed by atoms with Crippen LogP contribution in [0, 0.1) is 0 Å². The van der Waals surface area contributed by atoms with Crippen LogP contribution in [0.4, 0.5) is 5.69 Å². The highest BCUT2D eigenvalue weighted by Gasteiger charge is 2.27. The lowest BCUT2D eigenvalue weighted by Crippen LogP contribution is -2.39. The highest BCUT2D eigenvalue weighted by molar-refractivity contribution is 7.92. The van der Waals surface area contributed by atoms with Crippen LogP contribution in [-0.2, 0) is 21.4 Å². The molecule has 0 atom stereocenters. The maximum absolute atomic E-state index is 13.3. The average molecular weight is 568 g/mol. The molecule has 7 nitrogen and oxygen atoms in total. The van der Waals surface area contributed by atoms with Crippen LogP contribution in [-0.4, -0.2) is 27.1 Å². The van der Waals surface area contributed by atoms with Gasteiger partial charge in [-0.1, -0.05) is 59.6 Å². The van der Waals surface area contributed by atoms with Crippen molar-refractivity contribution in [2.75, 3.05) is 10.8 Å². The number of nitrogens with one attached hydrogen (secondary N) is 1. The van der Waals surface area contributed by atoms with Crippen LogP contribution in [0.3, 0.4) is 0 Å². The summed E-state index contributed by atoms with van der Waals surface area (Å²) >= 11 is 12.1. The van der Waals surface area contributed by atoms with Crippen molar-refractivity contribution in [1.82, 2.24) is 5.43 Å². The number of sulfonamides is 1. The smallest absolute Gasteiger partial charge is 0.264 e. The van der Waals surface area contributed by atoms with Crippen molar-refractivity contribution in [3.63, 3.8) is 0 Å². The molecular formula is C28H23Cl2N3O4S. The molecule has 1 amide bonds. The third kappa shape index (κ3) is 7.13. The molecule has 10 heteroatoms. The zero-order chi connectivity index (χ0) is 27.0. The second kappa shape index (κ2) is 12.6. The monoisotopic (exact) mass is 567 g/mol. The Morgan fingerprint density at radius 2 is 1.53 bits per heavy atom. The van der Waals surface area contributed by atoms with Gasteiger partial charge in [0, 0.05) is 15.6 Å². The summed E-state index contributed by atoms with van der Waals surface area (Å²) < 4.78 is 33.4. The molecule has 0 spiro atoms. The van der Waals surface area contributed by atoms with Crippen molar-refractivity contribution in [3.8, 4) is 5.75 Å². The van der Waals surface area contributed by atoms with Gasteiger partial charge in [-0.05, 0) is 72.3 Å². The van der Waals surface area contributed by atoms with E-state index in [1.54, 1.807) is 60.7 Å². The quantitative estimate of drug-likeness (QED) is 0.190. The molecule has 0 unspecified atom stereocenters. The Hall–Kier alpha value is -3.85. The van der Waals surface area contributed by atoms with Gasteiger partial charge in [-0.25, -0.2) is 13.8 Å². The van der Waals surface area contributed by atoms with Gasteiger partial charge in [0.1, 0.15) is 18.9 Å². The molecule has 0 aliphatic heterocycles. The summed E-state index contributed by atoms with van der Waals surface area (Å²) in [6.45, 7) is -0.149. The minimum Gasteiger partial charge on any atom is -0.489 e. The van der Waals surface area contributed by atoms with Crippen molar-refractivity contribution < 1.29 is 17.9 Å².